The molecule has 0 bridgehead atoms. The van der Waals surface area contributed by atoms with Crippen molar-refractivity contribution in [2.45, 2.75) is 238 Å². The number of carbonyl (C=O) groups is 3. The van der Waals surface area contributed by atoms with Crippen LogP contribution in [0.15, 0.2) is 97.2 Å². The highest BCUT2D eigenvalue weighted by molar-refractivity contribution is 5.70. The van der Waals surface area contributed by atoms with Crippen molar-refractivity contribution in [3.63, 3.8) is 0 Å². The van der Waals surface area contributed by atoms with Crippen LogP contribution in [0.5, 0.6) is 0 Å². The number of rotatable bonds is 50. The number of aliphatic carboxylic acids is 1. The lowest BCUT2D eigenvalue weighted by Gasteiger charge is -2.34. The maximum absolute atomic E-state index is 12.8. The summed E-state index contributed by atoms with van der Waals surface area (Å²) in [6.45, 7) is 4.44. The molecule has 0 aromatic heterocycles. The van der Waals surface area contributed by atoms with Gasteiger partial charge in [0, 0.05) is 19.3 Å². The molecule has 0 saturated carbocycles. The third-order valence-electron chi connectivity index (χ3n) is 12.2. The van der Waals surface area contributed by atoms with E-state index in [9.17, 15) is 19.5 Å². The van der Waals surface area contributed by atoms with Crippen molar-refractivity contribution in [3.05, 3.63) is 97.2 Å². The van der Waals surface area contributed by atoms with Crippen molar-refractivity contribution in [2.24, 2.45) is 0 Å². The predicted molar refractivity (Wildman–Crippen MR) is 295 cm³/mol. The van der Waals surface area contributed by atoms with Gasteiger partial charge in [0.05, 0.1) is 40.3 Å². The molecule has 0 aromatic carbocycles. The van der Waals surface area contributed by atoms with Crippen LogP contribution in [-0.2, 0) is 28.6 Å². The lowest BCUT2D eigenvalue weighted by molar-refractivity contribution is -0.889. The molecule has 0 aromatic rings. The quantitative estimate of drug-likeness (QED) is 0.0259. The van der Waals surface area contributed by atoms with Crippen molar-refractivity contribution >= 4 is 17.9 Å². The van der Waals surface area contributed by atoms with E-state index in [1.165, 1.54) is 96.3 Å². The third-order valence-corrected chi connectivity index (χ3v) is 12.2. The summed E-state index contributed by atoms with van der Waals surface area (Å²) in [5.74, 6) is -1.75. The number of unbranched alkanes of at least 4 members (excludes halogenated alkanes) is 20. The molecule has 0 aliphatic carbocycles. The zero-order valence-electron chi connectivity index (χ0n) is 45.7. The smallest absolute Gasteiger partial charge is 0.306 e. The van der Waals surface area contributed by atoms with Gasteiger partial charge in [0.2, 0.25) is 0 Å². The van der Waals surface area contributed by atoms with E-state index in [4.69, 9.17) is 14.2 Å². The largest absolute Gasteiger partial charge is 0.544 e. The van der Waals surface area contributed by atoms with Crippen LogP contribution in [0.1, 0.15) is 226 Å². The third kappa shape index (κ3) is 49.2. The van der Waals surface area contributed by atoms with Crippen molar-refractivity contribution in [3.8, 4) is 0 Å². The van der Waals surface area contributed by atoms with E-state index in [1.807, 2.05) is 0 Å². The molecule has 0 fully saturated rings. The van der Waals surface area contributed by atoms with Crippen molar-refractivity contribution in [1.82, 2.24) is 0 Å². The molecule has 2 atom stereocenters. The van der Waals surface area contributed by atoms with E-state index in [0.717, 1.165) is 96.3 Å². The Bertz CT molecular complexity index is 1460. The molecular formula is C62H105NO7. The SMILES string of the molecule is CC/C=C/C/C=C/C/C=C/C/C=C/C/C=C/CCCCCCCCCC(=O)OCC(COCCC(C(=O)[O-])[N+](C)(C)C)OC(=O)CCCCCCCCCCCCCCC/C=C/C/C=C/C/C=C/CC. The summed E-state index contributed by atoms with van der Waals surface area (Å²) in [6, 6.07) is -0.733. The Morgan fingerprint density at radius 1 is 0.429 bits per heavy atom. The van der Waals surface area contributed by atoms with Crippen LogP contribution >= 0.6 is 0 Å². The molecule has 0 radical (unpaired) electrons. The topological polar surface area (TPSA) is 102 Å². The standard InChI is InChI=1S/C62H105NO7/c1-6-8-10-12-14-16-18-20-22-24-26-28-30-32-34-36-38-40-42-44-46-48-50-52-60(64)69-57-58(56-68-55-54-59(62(66)67)63(3,4)5)70-61(65)53-51-49-47-45-43-41-39-37-35-33-31-29-27-25-23-21-19-17-15-13-11-9-7-2/h8-11,14-17,20-23,26,28,32,34,58-59H,6-7,12-13,18-19,24-25,27,29-31,33,35-57H2,1-5H3/b10-8+,11-9+,16-14+,17-15+,22-20+,23-21+,28-26+,34-32+. The van der Waals surface area contributed by atoms with E-state index < -0.39 is 18.1 Å². The fourth-order valence-electron chi connectivity index (χ4n) is 7.94. The van der Waals surface area contributed by atoms with Crippen LogP contribution in [0, 0.1) is 0 Å². The Balaban J connectivity index is 4.21. The summed E-state index contributed by atoms with van der Waals surface area (Å²) in [5, 5.41) is 11.7. The first-order chi connectivity index (χ1) is 34.1. The first kappa shape index (κ1) is 66.2. The predicted octanol–water partition coefficient (Wildman–Crippen LogP) is 15.6. The monoisotopic (exact) mass is 976 g/mol. The number of carboxylic acids is 1. The van der Waals surface area contributed by atoms with Gasteiger partial charge in [0.1, 0.15) is 12.6 Å². The maximum atomic E-state index is 12.8. The lowest BCUT2D eigenvalue weighted by Crippen LogP contribution is -2.55. The zero-order valence-corrected chi connectivity index (χ0v) is 45.7. The summed E-state index contributed by atoms with van der Waals surface area (Å²) in [4.78, 5) is 37.2. The van der Waals surface area contributed by atoms with Gasteiger partial charge in [-0.3, -0.25) is 9.59 Å². The molecule has 8 nitrogen and oxygen atoms in total. The minimum atomic E-state index is -1.13. The number of allylic oxidation sites excluding steroid dienone is 16. The average Bonchev–Trinajstić information content (AvgIpc) is 3.33. The zero-order chi connectivity index (χ0) is 51.3. The molecule has 0 rings (SSSR count). The summed E-state index contributed by atoms with van der Waals surface area (Å²) in [7, 11) is 5.41. The Hall–Kier alpha value is -3.75. The maximum Gasteiger partial charge on any atom is 0.306 e. The van der Waals surface area contributed by atoms with E-state index in [1.54, 1.807) is 21.1 Å². The second-order valence-electron chi connectivity index (χ2n) is 19.8. The molecule has 0 aliphatic rings. The van der Waals surface area contributed by atoms with Crippen LogP contribution in [0.2, 0.25) is 0 Å². The van der Waals surface area contributed by atoms with E-state index >= 15 is 0 Å². The minimum absolute atomic E-state index is 0.0325. The molecule has 0 aliphatic heterocycles. The number of likely N-dealkylation sites (N-methyl/N-ethyl adjacent to an activating group) is 1. The van der Waals surface area contributed by atoms with Gasteiger partial charge < -0.3 is 28.6 Å². The van der Waals surface area contributed by atoms with Crippen LogP contribution in [-0.4, -0.2) is 75.5 Å². The summed E-state index contributed by atoms with van der Waals surface area (Å²) < 4.78 is 17.3. The number of quaternary nitrogens is 1. The van der Waals surface area contributed by atoms with Gasteiger partial charge in [0.15, 0.2) is 6.10 Å². The van der Waals surface area contributed by atoms with Crippen LogP contribution in [0.25, 0.3) is 0 Å². The summed E-state index contributed by atoms with van der Waals surface area (Å²) in [5.41, 5.74) is 0. The van der Waals surface area contributed by atoms with Gasteiger partial charge in [-0.15, -0.1) is 0 Å². The molecule has 400 valence electrons. The van der Waals surface area contributed by atoms with E-state index in [0.29, 0.717) is 12.8 Å². The lowest BCUT2D eigenvalue weighted by atomic mass is 10.0. The average molecular weight is 977 g/mol. The Morgan fingerprint density at radius 3 is 1.11 bits per heavy atom. The molecule has 8 heteroatoms. The van der Waals surface area contributed by atoms with Crippen LogP contribution < -0.4 is 5.11 Å². The fraction of sp³-hybridized carbons (Fsp3) is 0.694. The number of nitrogens with zero attached hydrogens (tertiary/aromatic N) is 1. The minimum Gasteiger partial charge on any atom is -0.544 e. The van der Waals surface area contributed by atoms with Gasteiger partial charge >= 0.3 is 11.9 Å². The molecule has 0 amide bonds. The van der Waals surface area contributed by atoms with E-state index in [2.05, 4.69) is 111 Å². The van der Waals surface area contributed by atoms with Gasteiger partial charge in [-0.1, -0.05) is 214 Å². The van der Waals surface area contributed by atoms with Gasteiger partial charge in [0.25, 0.3) is 0 Å². The highest BCUT2D eigenvalue weighted by atomic mass is 16.6. The number of hydrogen-bond acceptors (Lipinski definition) is 7. The fourth-order valence-corrected chi connectivity index (χ4v) is 7.94. The van der Waals surface area contributed by atoms with Crippen LogP contribution in [0.4, 0.5) is 0 Å². The molecule has 2 unspecified atom stereocenters. The Morgan fingerprint density at radius 2 is 0.757 bits per heavy atom. The van der Waals surface area contributed by atoms with Gasteiger partial charge in [-0.05, 0) is 89.9 Å². The molecule has 0 N–H and O–H groups in total. The van der Waals surface area contributed by atoms with Gasteiger partial charge in [-0.2, -0.15) is 0 Å². The van der Waals surface area contributed by atoms with E-state index in [-0.39, 0.29) is 42.7 Å². The highest BCUT2D eigenvalue weighted by Gasteiger charge is 2.25. The van der Waals surface area contributed by atoms with Crippen molar-refractivity contribution < 1.29 is 38.2 Å². The van der Waals surface area contributed by atoms with Crippen molar-refractivity contribution in [1.29, 1.82) is 0 Å². The Kier molecular flexibility index (Phi) is 48.8. The number of carboxylic acid groups (broad SMARTS) is 1. The summed E-state index contributed by atoms with van der Waals surface area (Å²) in [6.07, 6.45) is 70.1. The molecule has 0 heterocycles. The molecule has 70 heavy (non-hydrogen) atoms. The van der Waals surface area contributed by atoms with Gasteiger partial charge in [-0.25, -0.2) is 0 Å². The number of hydrogen-bond donors (Lipinski definition) is 0. The molecule has 0 saturated heterocycles. The number of esters is 2. The second kappa shape index (κ2) is 51.6. The first-order valence-electron chi connectivity index (χ1n) is 28.3. The number of ether oxygens (including phenoxy) is 3. The molecular weight excluding hydrogens is 871 g/mol. The highest BCUT2D eigenvalue weighted by Crippen LogP contribution is 2.16. The van der Waals surface area contributed by atoms with Crippen LogP contribution in [0.3, 0.4) is 0 Å². The molecule has 0 spiro atoms. The number of carbonyl (C=O) groups excluding carboxylic acids is 3. The first-order valence-corrected chi connectivity index (χ1v) is 28.3. The normalized spacial score (nSPS) is 13.6. The Labute approximate surface area is 430 Å². The summed E-state index contributed by atoms with van der Waals surface area (Å²) >= 11 is 0. The van der Waals surface area contributed by atoms with Crippen molar-refractivity contribution in [2.75, 3.05) is 41.0 Å². The second-order valence-corrected chi connectivity index (χ2v) is 19.8.